The van der Waals surface area contributed by atoms with Crippen LogP contribution in [0.5, 0.6) is 5.75 Å². The molecule has 0 radical (unpaired) electrons. The van der Waals surface area contributed by atoms with Crippen molar-refractivity contribution in [3.63, 3.8) is 0 Å². The first kappa shape index (κ1) is 18.5. The van der Waals surface area contributed by atoms with Crippen LogP contribution < -0.4 is 14.8 Å². The average molecular weight is 358 g/mol. The standard InChI is InChI=1S/C15H22N2O6S/c1-3-22-15(18)17-13-9-12(6-7-14(13)21-2)24(19,20)16-10-11-5-4-8-23-11/h6-7,9,11,16H,3-5,8,10H2,1-2H3,(H,17,18)/t11-/m1/s1. The van der Waals surface area contributed by atoms with Gasteiger partial charge in [-0.25, -0.2) is 17.9 Å². The van der Waals surface area contributed by atoms with Gasteiger partial charge in [-0.15, -0.1) is 0 Å². The number of nitrogens with one attached hydrogen (secondary N) is 2. The number of carbonyl (C=O) groups excluding carboxylic acids is 1. The van der Waals surface area contributed by atoms with Crippen molar-refractivity contribution in [3.8, 4) is 5.75 Å². The molecule has 0 spiro atoms. The van der Waals surface area contributed by atoms with Crippen molar-refractivity contribution in [1.82, 2.24) is 4.72 Å². The minimum absolute atomic E-state index is 0.0214. The minimum atomic E-state index is -3.72. The van der Waals surface area contributed by atoms with E-state index in [2.05, 4.69) is 10.0 Å². The van der Waals surface area contributed by atoms with E-state index in [1.807, 2.05) is 0 Å². The van der Waals surface area contributed by atoms with Crippen LogP contribution in [0.15, 0.2) is 23.1 Å². The van der Waals surface area contributed by atoms with E-state index in [1.165, 1.54) is 25.3 Å². The largest absolute Gasteiger partial charge is 0.495 e. The first-order valence-electron chi connectivity index (χ1n) is 7.69. The predicted molar refractivity (Wildman–Crippen MR) is 87.8 cm³/mol. The summed E-state index contributed by atoms with van der Waals surface area (Å²) < 4.78 is 42.7. The Hall–Kier alpha value is -1.84. The van der Waals surface area contributed by atoms with E-state index >= 15 is 0 Å². The molecule has 0 aromatic heterocycles. The van der Waals surface area contributed by atoms with Gasteiger partial charge in [0.25, 0.3) is 0 Å². The Kier molecular flexibility index (Phi) is 6.41. The Bertz CT molecular complexity index is 671. The summed E-state index contributed by atoms with van der Waals surface area (Å²) in [5, 5.41) is 2.47. The van der Waals surface area contributed by atoms with E-state index < -0.39 is 16.1 Å². The minimum Gasteiger partial charge on any atom is -0.495 e. The lowest BCUT2D eigenvalue weighted by atomic mass is 10.2. The summed E-state index contributed by atoms with van der Waals surface area (Å²) in [7, 11) is -2.29. The van der Waals surface area contributed by atoms with Gasteiger partial charge in [-0.3, -0.25) is 5.32 Å². The molecule has 0 aliphatic carbocycles. The van der Waals surface area contributed by atoms with Crippen LogP contribution in [-0.4, -0.2) is 47.5 Å². The summed E-state index contributed by atoms with van der Waals surface area (Å²) in [6.07, 6.45) is 0.983. The Morgan fingerprint density at radius 2 is 2.21 bits per heavy atom. The summed E-state index contributed by atoms with van der Waals surface area (Å²) in [5.74, 6) is 0.334. The van der Waals surface area contributed by atoms with Gasteiger partial charge in [0, 0.05) is 13.2 Å². The molecule has 2 N–H and O–H groups in total. The number of sulfonamides is 1. The van der Waals surface area contributed by atoms with Gasteiger partial charge >= 0.3 is 6.09 Å². The maximum Gasteiger partial charge on any atom is 0.411 e. The van der Waals surface area contributed by atoms with Crippen molar-refractivity contribution < 1.29 is 27.4 Å². The zero-order valence-electron chi connectivity index (χ0n) is 13.7. The van der Waals surface area contributed by atoms with Crippen LogP contribution >= 0.6 is 0 Å². The molecule has 1 amide bonds. The zero-order valence-corrected chi connectivity index (χ0v) is 14.5. The molecule has 2 rings (SSSR count). The quantitative estimate of drug-likeness (QED) is 0.769. The molecule has 1 aliphatic rings. The number of benzene rings is 1. The highest BCUT2D eigenvalue weighted by Crippen LogP contribution is 2.27. The number of methoxy groups -OCH3 is 1. The molecule has 0 unspecified atom stereocenters. The maximum atomic E-state index is 12.4. The Morgan fingerprint density at radius 1 is 1.42 bits per heavy atom. The molecule has 24 heavy (non-hydrogen) atoms. The monoisotopic (exact) mass is 358 g/mol. The molecule has 1 aromatic carbocycles. The molecule has 1 fully saturated rings. The number of rotatable bonds is 7. The molecule has 1 atom stereocenters. The van der Waals surface area contributed by atoms with Crippen molar-refractivity contribution >= 4 is 21.8 Å². The van der Waals surface area contributed by atoms with Gasteiger partial charge in [0.15, 0.2) is 0 Å². The van der Waals surface area contributed by atoms with Crippen LogP contribution in [0.4, 0.5) is 10.5 Å². The van der Waals surface area contributed by atoms with Crippen molar-refractivity contribution in [1.29, 1.82) is 0 Å². The molecule has 1 saturated heterocycles. The number of carbonyl (C=O) groups is 1. The molecule has 134 valence electrons. The van der Waals surface area contributed by atoms with E-state index in [-0.39, 0.29) is 29.8 Å². The van der Waals surface area contributed by atoms with Gasteiger partial charge in [-0.05, 0) is 38.0 Å². The predicted octanol–water partition coefficient (Wildman–Crippen LogP) is 1.72. The molecule has 1 heterocycles. The molecular formula is C15H22N2O6S. The lowest BCUT2D eigenvalue weighted by molar-refractivity contribution is 0.114. The van der Waals surface area contributed by atoms with Crippen LogP contribution in [0.3, 0.4) is 0 Å². The second kappa shape index (κ2) is 8.32. The summed E-state index contributed by atoms with van der Waals surface area (Å²) in [6, 6.07) is 4.21. The molecule has 0 saturated carbocycles. The van der Waals surface area contributed by atoms with Gasteiger partial charge in [0.05, 0.1) is 30.4 Å². The lowest BCUT2D eigenvalue weighted by Gasteiger charge is -2.14. The normalized spacial score (nSPS) is 17.5. The van der Waals surface area contributed by atoms with Crippen LogP contribution in [0, 0.1) is 0 Å². The smallest absolute Gasteiger partial charge is 0.411 e. The van der Waals surface area contributed by atoms with E-state index in [9.17, 15) is 13.2 Å². The van der Waals surface area contributed by atoms with Crippen LogP contribution in [0.1, 0.15) is 19.8 Å². The van der Waals surface area contributed by atoms with E-state index in [0.717, 1.165) is 12.8 Å². The summed E-state index contributed by atoms with van der Waals surface area (Å²) in [6.45, 7) is 2.75. The third-order valence-corrected chi connectivity index (χ3v) is 4.94. The van der Waals surface area contributed by atoms with E-state index in [1.54, 1.807) is 6.92 Å². The second-order valence-corrected chi connectivity index (χ2v) is 6.96. The molecule has 9 heteroatoms. The molecule has 0 bridgehead atoms. The fourth-order valence-corrected chi connectivity index (χ4v) is 3.41. The van der Waals surface area contributed by atoms with Gasteiger partial charge in [-0.2, -0.15) is 0 Å². The highest BCUT2D eigenvalue weighted by Gasteiger charge is 2.21. The Balaban J connectivity index is 2.14. The average Bonchev–Trinajstić information content (AvgIpc) is 3.06. The summed E-state index contributed by atoms with van der Waals surface area (Å²) in [5.41, 5.74) is 0.218. The topological polar surface area (TPSA) is 103 Å². The van der Waals surface area contributed by atoms with Crippen LogP contribution in [0.2, 0.25) is 0 Å². The van der Waals surface area contributed by atoms with E-state index in [4.69, 9.17) is 14.2 Å². The highest BCUT2D eigenvalue weighted by atomic mass is 32.2. The second-order valence-electron chi connectivity index (χ2n) is 5.19. The molecule has 8 nitrogen and oxygen atoms in total. The van der Waals surface area contributed by atoms with Crippen LogP contribution in [-0.2, 0) is 19.5 Å². The first-order chi connectivity index (χ1) is 11.5. The summed E-state index contributed by atoms with van der Waals surface area (Å²) in [4.78, 5) is 11.6. The van der Waals surface area contributed by atoms with Gasteiger partial charge in [0.2, 0.25) is 10.0 Å². The molecular weight excluding hydrogens is 336 g/mol. The molecule has 1 aliphatic heterocycles. The Labute approximate surface area is 141 Å². The zero-order chi connectivity index (χ0) is 17.6. The van der Waals surface area contributed by atoms with Crippen molar-refractivity contribution in [2.45, 2.75) is 30.8 Å². The van der Waals surface area contributed by atoms with Crippen molar-refractivity contribution in [3.05, 3.63) is 18.2 Å². The third-order valence-electron chi connectivity index (χ3n) is 3.52. The number of ether oxygens (including phenoxy) is 3. The maximum absolute atomic E-state index is 12.4. The van der Waals surface area contributed by atoms with Crippen LogP contribution in [0.25, 0.3) is 0 Å². The SMILES string of the molecule is CCOC(=O)Nc1cc(S(=O)(=O)NC[C@H]2CCCO2)ccc1OC. The fourth-order valence-electron chi connectivity index (χ4n) is 2.32. The van der Waals surface area contributed by atoms with Gasteiger partial charge < -0.3 is 14.2 Å². The number of hydrogen-bond donors (Lipinski definition) is 2. The van der Waals surface area contributed by atoms with Crippen molar-refractivity contribution in [2.24, 2.45) is 0 Å². The fraction of sp³-hybridized carbons (Fsp3) is 0.533. The van der Waals surface area contributed by atoms with Gasteiger partial charge in [0.1, 0.15) is 5.75 Å². The van der Waals surface area contributed by atoms with Gasteiger partial charge in [-0.1, -0.05) is 0 Å². The van der Waals surface area contributed by atoms with Crippen molar-refractivity contribution in [2.75, 3.05) is 32.2 Å². The molecule has 1 aromatic rings. The Morgan fingerprint density at radius 3 is 2.83 bits per heavy atom. The lowest BCUT2D eigenvalue weighted by Crippen LogP contribution is -2.31. The van der Waals surface area contributed by atoms with E-state index in [0.29, 0.717) is 12.4 Å². The number of hydrogen-bond acceptors (Lipinski definition) is 6. The third kappa shape index (κ3) is 4.83. The first-order valence-corrected chi connectivity index (χ1v) is 9.17. The summed E-state index contributed by atoms with van der Waals surface area (Å²) >= 11 is 0. The highest BCUT2D eigenvalue weighted by molar-refractivity contribution is 7.89. The number of anilines is 1. The number of amides is 1.